The van der Waals surface area contributed by atoms with Crippen LogP contribution in [0.15, 0.2) is 0 Å². The quantitative estimate of drug-likeness (QED) is 0.759. The van der Waals surface area contributed by atoms with Crippen LogP contribution in [0.4, 0.5) is 0 Å². The third-order valence-electron chi connectivity index (χ3n) is 4.64. The molecule has 1 saturated carbocycles. The molecule has 5 heteroatoms. The number of amides is 1. The molecule has 2 aliphatic rings. The van der Waals surface area contributed by atoms with Gasteiger partial charge in [-0.15, -0.1) is 0 Å². The summed E-state index contributed by atoms with van der Waals surface area (Å²) < 4.78 is 0. The summed E-state index contributed by atoms with van der Waals surface area (Å²) in [5, 5.41) is 3.07. The molecule has 1 heterocycles. The minimum atomic E-state index is 0.207. The maximum atomic E-state index is 11.9. The Morgan fingerprint density at radius 3 is 2.70 bits per heavy atom. The van der Waals surface area contributed by atoms with Crippen LogP contribution < -0.4 is 11.1 Å². The molecule has 1 aliphatic carbocycles. The van der Waals surface area contributed by atoms with Crippen molar-refractivity contribution in [3.05, 3.63) is 0 Å². The van der Waals surface area contributed by atoms with E-state index in [1.54, 1.807) is 0 Å². The molecule has 0 aromatic carbocycles. The van der Waals surface area contributed by atoms with Crippen LogP contribution in [-0.4, -0.2) is 68.1 Å². The predicted octanol–water partition coefficient (Wildman–Crippen LogP) is 0.258. The van der Waals surface area contributed by atoms with E-state index in [2.05, 4.69) is 22.2 Å². The van der Waals surface area contributed by atoms with Crippen molar-refractivity contribution < 1.29 is 4.79 Å². The summed E-state index contributed by atoms with van der Waals surface area (Å²) >= 11 is 0. The molecule has 0 bridgehead atoms. The highest BCUT2D eigenvalue weighted by molar-refractivity contribution is 5.76. The van der Waals surface area contributed by atoms with E-state index in [-0.39, 0.29) is 5.91 Å². The first kappa shape index (κ1) is 15.7. The van der Waals surface area contributed by atoms with Gasteiger partial charge >= 0.3 is 0 Å². The molecule has 116 valence electrons. The van der Waals surface area contributed by atoms with Crippen LogP contribution in [0.5, 0.6) is 0 Å². The van der Waals surface area contributed by atoms with Crippen molar-refractivity contribution in [1.82, 2.24) is 15.1 Å². The molecular weight excluding hydrogens is 252 g/mol. The van der Waals surface area contributed by atoms with Crippen molar-refractivity contribution in [1.29, 1.82) is 0 Å². The summed E-state index contributed by atoms with van der Waals surface area (Å²) in [6, 6.07) is 0.312. The second kappa shape index (κ2) is 7.96. The molecular formula is C15H30N4O. The van der Waals surface area contributed by atoms with Crippen molar-refractivity contribution in [3.8, 4) is 0 Å². The second-order valence-corrected chi connectivity index (χ2v) is 6.49. The number of nitrogens with one attached hydrogen (secondary N) is 1. The van der Waals surface area contributed by atoms with E-state index in [9.17, 15) is 4.79 Å². The van der Waals surface area contributed by atoms with Gasteiger partial charge in [0.15, 0.2) is 0 Å². The van der Waals surface area contributed by atoms with Gasteiger partial charge in [-0.2, -0.15) is 0 Å². The molecule has 0 aromatic rings. The summed E-state index contributed by atoms with van der Waals surface area (Å²) in [4.78, 5) is 16.7. The number of nitrogens with zero attached hydrogens (tertiary/aromatic N) is 2. The molecule has 2 fully saturated rings. The van der Waals surface area contributed by atoms with Gasteiger partial charge in [0.25, 0.3) is 0 Å². The lowest BCUT2D eigenvalue weighted by atomic mass is 9.84. The van der Waals surface area contributed by atoms with E-state index in [0.717, 1.165) is 52.1 Å². The molecule has 2 atom stereocenters. The Kier molecular flexibility index (Phi) is 6.26. The van der Waals surface area contributed by atoms with Gasteiger partial charge in [-0.05, 0) is 32.2 Å². The molecule has 1 aliphatic heterocycles. The SMILES string of the molecule is CN1CCN(CCNC(=O)CC2CCCC(N)C2)CC1. The Morgan fingerprint density at radius 2 is 2.00 bits per heavy atom. The van der Waals surface area contributed by atoms with Crippen LogP contribution in [0, 0.1) is 5.92 Å². The molecule has 1 saturated heterocycles. The Hall–Kier alpha value is -0.650. The largest absolute Gasteiger partial charge is 0.355 e. The van der Waals surface area contributed by atoms with Crippen molar-refractivity contribution >= 4 is 5.91 Å². The molecule has 0 radical (unpaired) electrons. The van der Waals surface area contributed by atoms with Gasteiger partial charge < -0.3 is 16.0 Å². The van der Waals surface area contributed by atoms with Crippen LogP contribution >= 0.6 is 0 Å². The van der Waals surface area contributed by atoms with Gasteiger partial charge in [-0.1, -0.05) is 6.42 Å². The molecule has 0 spiro atoms. The van der Waals surface area contributed by atoms with Gasteiger partial charge in [0.2, 0.25) is 5.91 Å². The van der Waals surface area contributed by atoms with Crippen LogP contribution in [0.2, 0.25) is 0 Å². The summed E-state index contributed by atoms with van der Waals surface area (Å²) in [7, 11) is 2.16. The third-order valence-corrected chi connectivity index (χ3v) is 4.64. The minimum Gasteiger partial charge on any atom is -0.355 e. The fraction of sp³-hybridized carbons (Fsp3) is 0.933. The van der Waals surface area contributed by atoms with E-state index in [1.807, 2.05) is 0 Å². The van der Waals surface area contributed by atoms with Crippen LogP contribution in [-0.2, 0) is 4.79 Å². The fourth-order valence-corrected chi connectivity index (χ4v) is 3.28. The molecule has 2 rings (SSSR count). The number of carbonyl (C=O) groups excluding carboxylic acids is 1. The number of carbonyl (C=O) groups is 1. The summed E-state index contributed by atoms with van der Waals surface area (Å²) in [5.74, 6) is 0.709. The van der Waals surface area contributed by atoms with E-state index < -0.39 is 0 Å². The Morgan fingerprint density at radius 1 is 1.25 bits per heavy atom. The fourth-order valence-electron chi connectivity index (χ4n) is 3.28. The van der Waals surface area contributed by atoms with E-state index in [1.165, 1.54) is 12.8 Å². The average molecular weight is 282 g/mol. The first-order valence-electron chi connectivity index (χ1n) is 8.06. The monoisotopic (exact) mass is 282 g/mol. The van der Waals surface area contributed by atoms with Gasteiger partial charge in [-0.3, -0.25) is 9.69 Å². The first-order chi connectivity index (χ1) is 9.63. The molecule has 20 heavy (non-hydrogen) atoms. The zero-order valence-corrected chi connectivity index (χ0v) is 12.8. The van der Waals surface area contributed by atoms with Crippen LogP contribution in [0.3, 0.4) is 0 Å². The zero-order chi connectivity index (χ0) is 14.4. The number of likely N-dealkylation sites (N-methyl/N-ethyl adjacent to an activating group) is 1. The van der Waals surface area contributed by atoms with Crippen LogP contribution in [0.1, 0.15) is 32.1 Å². The predicted molar refractivity (Wildman–Crippen MR) is 81.5 cm³/mol. The Bertz CT molecular complexity index is 302. The van der Waals surface area contributed by atoms with Gasteiger partial charge in [0, 0.05) is 51.7 Å². The summed E-state index contributed by atoms with van der Waals surface area (Å²) in [5.41, 5.74) is 5.97. The van der Waals surface area contributed by atoms with Gasteiger partial charge in [0.05, 0.1) is 0 Å². The molecule has 3 N–H and O–H groups in total. The normalized spacial score (nSPS) is 29.3. The topological polar surface area (TPSA) is 61.6 Å². The lowest BCUT2D eigenvalue weighted by Gasteiger charge is -2.32. The number of hydrogen-bond donors (Lipinski definition) is 2. The van der Waals surface area contributed by atoms with Gasteiger partial charge in [0.1, 0.15) is 0 Å². The number of nitrogens with two attached hydrogens (primary N) is 1. The van der Waals surface area contributed by atoms with Crippen molar-refractivity contribution in [2.75, 3.05) is 46.3 Å². The molecule has 1 amide bonds. The average Bonchev–Trinajstić information content (AvgIpc) is 2.41. The van der Waals surface area contributed by atoms with Crippen LogP contribution in [0.25, 0.3) is 0 Å². The number of hydrogen-bond acceptors (Lipinski definition) is 4. The maximum Gasteiger partial charge on any atom is 0.220 e. The lowest BCUT2D eigenvalue weighted by molar-refractivity contribution is -0.122. The second-order valence-electron chi connectivity index (χ2n) is 6.49. The highest BCUT2D eigenvalue weighted by Crippen LogP contribution is 2.25. The maximum absolute atomic E-state index is 11.9. The third kappa shape index (κ3) is 5.38. The highest BCUT2D eigenvalue weighted by Gasteiger charge is 2.21. The molecule has 2 unspecified atom stereocenters. The Labute approximate surface area is 122 Å². The van der Waals surface area contributed by atoms with Crippen molar-refractivity contribution in [3.63, 3.8) is 0 Å². The van der Waals surface area contributed by atoms with Gasteiger partial charge in [-0.25, -0.2) is 0 Å². The molecule has 5 nitrogen and oxygen atoms in total. The lowest BCUT2D eigenvalue weighted by Crippen LogP contribution is -2.47. The van der Waals surface area contributed by atoms with Crippen molar-refractivity contribution in [2.45, 2.75) is 38.1 Å². The minimum absolute atomic E-state index is 0.207. The number of piperazine rings is 1. The Balaban J connectivity index is 1.56. The van der Waals surface area contributed by atoms with E-state index in [4.69, 9.17) is 5.73 Å². The highest BCUT2D eigenvalue weighted by atomic mass is 16.1. The smallest absolute Gasteiger partial charge is 0.220 e. The summed E-state index contributed by atoms with van der Waals surface area (Å²) in [6.45, 7) is 6.25. The number of rotatable bonds is 5. The standard InChI is InChI=1S/C15H30N4O/c1-18-7-9-19(10-8-18)6-5-17-15(20)12-13-3-2-4-14(16)11-13/h13-14H,2-12,16H2,1H3,(H,17,20). The van der Waals surface area contributed by atoms with E-state index in [0.29, 0.717) is 18.4 Å². The first-order valence-corrected chi connectivity index (χ1v) is 8.06. The summed E-state index contributed by atoms with van der Waals surface area (Å²) in [6.07, 6.45) is 5.16. The van der Waals surface area contributed by atoms with E-state index >= 15 is 0 Å². The zero-order valence-electron chi connectivity index (χ0n) is 12.8. The van der Waals surface area contributed by atoms with Crippen molar-refractivity contribution in [2.24, 2.45) is 11.7 Å². The molecule has 0 aromatic heterocycles.